The lowest BCUT2D eigenvalue weighted by atomic mass is 9.87. The van der Waals surface area contributed by atoms with Gasteiger partial charge in [-0.15, -0.1) is 0 Å². The van der Waals surface area contributed by atoms with Crippen molar-refractivity contribution in [3.8, 4) is 0 Å². The Morgan fingerprint density at radius 1 is 0.933 bits per heavy atom. The molecule has 0 saturated heterocycles. The molecule has 0 fully saturated rings. The molecule has 1 rings (SSSR count). The fraction of sp³-hybridized carbons (Fsp3) is 0.571. The lowest BCUT2D eigenvalue weighted by Crippen LogP contribution is -2.26. The van der Waals surface area contributed by atoms with Crippen LogP contribution >= 0.6 is 0 Å². The Hall–Kier alpha value is -0.980. The van der Waals surface area contributed by atoms with Crippen molar-refractivity contribution in [2.75, 3.05) is 5.32 Å². The summed E-state index contributed by atoms with van der Waals surface area (Å²) in [5, 5.41) is 3.49. The molecule has 15 heavy (non-hydrogen) atoms. The highest BCUT2D eigenvalue weighted by atomic mass is 14.9. The lowest BCUT2D eigenvalue weighted by molar-refractivity contribution is 0.589. The molecule has 0 heterocycles. The third kappa shape index (κ3) is 3.94. The molecule has 1 N–H and O–H groups in total. The molecule has 0 saturated carbocycles. The van der Waals surface area contributed by atoms with Crippen molar-refractivity contribution in [1.82, 2.24) is 0 Å². The lowest BCUT2D eigenvalue weighted by Gasteiger charge is -2.25. The Morgan fingerprint density at radius 3 is 2.00 bits per heavy atom. The molecular formula is C14H23N. The highest BCUT2D eigenvalue weighted by Gasteiger charge is 2.15. The smallest absolute Gasteiger partial charge is 0.0347 e. The summed E-state index contributed by atoms with van der Waals surface area (Å²) in [6.45, 7) is 13.2. The van der Waals surface area contributed by atoms with E-state index in [-0.39, 0.29) is 11.0 Å². The van der Waals surface area contributed by atoms with E-state index in [2.05, 4.69) is 71.1 Å². The molecule has 1 aromatic carbocycles. The van der Waals surface area contributed by atoms with Crippen LogP contribution in [0.4, 0.5) is 5.69 Å². The molecule has 0 aliphatic heterocycles. The Balaban J connectivity index is 2.94. The fourth-order valence-corrected chi connectivity index (χ4v) is 1.50. The summed E-state index contributed by atoms with van der Waals surface area (Å²) in [5.74, 6) is 0. The summed E-state index contributed by atoms with van der Waals surface area (Å²) in [6.07, 6.45) is 0. The number of rotatable bonds is 1. The van der Waals surface area contributed by atoms with Crippen LogP contribution in [0.3, 0.4) is 0 Å². The van der Waals surface area contributed by atoms with Gasteiger partial charge >= 0.3 is 0 Å². The summed E-state index contributed by atoms with van der Waals surface area (Å²) in [5.41, 5.74) is 2.91. The largest absolute Gasteiger partial charge is 0.380 e. The normalized spacial score (nSPS) is 12.7. The first-order valence-electron chi connectivity index (χ1n) is 5.57. The molecule has 0 aromatic heterocycles. The minimum atomic E-state index is 0.122. The summed E-state index contributed by atoms with van der Waals surface area (Å²) >= 11 is 0. The second-order valence-electron chi connectivity index (χ2n) is 6.21. The van der Waals surface area contributed by atoms with E-state index >= 15 is 0 Å². The van der Waals surface area contributed by atoms with Gasteiger partial charge in [-0.05, 0) is 43.9 Å². The Labute approximate surface area is 93.9 Å². The van der Waals surface area contributed by atoms with Gasteiger partial charge in [-0.3, -0.25) is 0 Å². The average Bonchev–Trinajstić information content (AvgIpc) is 1.99. The standard InChI is InChI=1S/C14H23N/c1-13(2,3)11-8-7-9-12(10-11)15-14(4,5)6/h7-10,15H,1-6H3. The van der Waals surface area contributed by atoms with Gasteiger partial charge < -0.3 is 5.32 Å². The van der Waals surface area contributed by atoms with Crippen LogP contribution in [0, 0.1) is 0 Å². The van der Waals surface area contributed by atoms with Crippen LogP contribution in [-0.4, -0.2) is 5.54 Å². The zero-order valence-corrected chi connectivity index (χ0v) is 10.8. The summed E-state index contributed by atoms with van der Waals surface area (Å²) < 4.78 is 0. The van der Waals surface area contributed by atoms with E-state index in [9.17, 15) is 0 Å². The molecule has 0 radical (unpaired) electrons. The van der Waals surface area contributed by atoms with Crippen LogP contribution in [0.1, 0.15) is 47.1 Å². The van der Waals surface area contributed by atoms with Crippen LogP contribution in [0.2, 0.25) is 0 Å². The second-order valence-corrected chi connectivity index (χ2v) is 6.21. The maximum absolute atomic E-state index is 3.49. The average molecular weight is 205 g/mol. The zero-order valence-electron chi connectivity index (χ0n) is 10.8. The minimum Gasteiger partial charge on any atom is -0.380 e. The van der Waals surface area contributed by atoms with E-state index < -0.39 is 0 Å². The number of hydrogen-bond donors (Lipinski definition) is 1. The second kappa shape index (κ2) is 3.88. The van der Waals surface area contributed by atoms with Crippen molar-refractivity contribution in [2.45, 2.75) is 52.5 Å². The monoisotopic (exact) mass is 205 g/mol. The van der Waals surface area contributed by atoms with Gasteiger partial charge in [0.25, 0.3) is 0 Å². The van der Waals surface area contributed by atoms with E-state index in [4.69, 9.17) is 0 Å². The first kappa shape index (κ1) is 12.1. The third-order valence-electron chi connectivity index (χ3n) is 2.25. The number of anilines is 1. The molecule has 0 unspecified atom stereocenters. The van der Waals surface area contributed by atoms with Crippen molar-refractivity contribution in [1.29, 1.82) is 0 Å². The molecule has 0 spiro atoms. The van der Waals surface area contributed by atoms with Crippen molar-refractivity contribution in [2.24, 2.45) is 0 Å². The Bertz CT molecular complexity index is 326. The predicted octanol–water partition coefficient (Wildman–Crippen LogP) is 4.19. The first-order chi connectivity index (χ1) is 6.68. The Morgan fingerprint density at radius 2 is 1.53 bits per heavy atom. The molecule has 0 aliphatic rings. The van der Waals surface area contributed by atoms with Gasteiger partial charge in [0.05, 0.1) is 0 Å². The number of nitrogens with one attached hydrogen (secondary N) is 1. The molecule has 1 aromatic rings. The maximum atomic E-state index is 3.49. The highest BCUT2D eigenvalue weighted by Crippen LogP contribution is 2.25. The molecule has 0 atom stereocenters. The summed E-state index contributed by atoms with van der Waals surface area (Å²) in [7, 11) is 0. The highest BCUT2D eigenvalue weighted by molar-refractivity contribution is 5.48. The number of hydrogen-bond acceptors (Lipinski definition) is 1. The molecule has 0 aliphatic carbocycles. The number of benzene rings is 1. The van der Waals surface area contributed by atoms with Crippen LogP contribution in [0.25, 0.3) is 0 Å². The van der Waals surface area contributed by atoms with E-state index in [1.807, 2.05) is 0 Å². The molecular weight excluding hydrogens is 182 g/mol. The SMILES string of the molecule is CC(C)(C)Nc1cccc(C(C)(C)C)c1. The molecule has 1 heteroatoms. The molecule has 84 valence electrons. The van der Waals surface area contributed by atoms with Gasteiger partial charge in [0, 0.05) is 11.2 Å². The molecule has 1 nitrogen and oxygen atoms in total. The van der Waals surface area contributed by atoms with E-state index in [0.29, 0.717) is 0 Å². The quantitative estimate of drug-likeness (QED) is 0.724. The van der Waals surface area contributed by atoms with E-state index in [1.165, 1.54) is 11.3 Å². The first-order valence-corrected chi connectivity index (χ1v) is 5.57. The summed E-state index contributed by atoms with van der Waals surface area (Å²) in [4.78, 5) is 0. The van der Waals surface area contributed by atoms with Gasteiger partial charge in [0.2, 0.25) is 0 Å². The van der Waals surface area contributed by atoms with Gasteiger partial charge in [-0.25, -0.2) is 0 Å². The van der Waals surface area contributed by atoms with Crippen LogP contribution < -0.4 is 5.32 Å². The topological polar surface area (TPSA) is 12.0 Å². The Kier molecular flexibility index (Phi) is 3.13. The summed E-state index contributed by atoms with van der Waals surface area (Å²) in [6, 6.07) is 8.67. The van der Waals surface area contributed by atoms with Gasteiger partial charge in [-0.2, -0.15) is 0 Å². The van der Waals surface area contributed by atoms with Gasteiger partial charge in [0.15, 0.2) is 0 Å². The maximum Gasteiger partial charge on any atom is 0.0347 e. The van der Waals surface area contributed by atoms with E-state index in [0.717, 1.165) is 0 Å². The van der Waals surface area contributed by atoms with Crippen LogP contribution in [-0.2, 0) is 5.41 Å². The zero-order chi connectivity index (χ0) is 11.7. The molecule has 0 amide bonds. The predicted molar refractivity (Wildman–Crippen MR) is 68.5 cm³/mol. The van der Waals surface area contributed by atoms with Crippen molar-refractivity contribution in [3.05, 3.63) is 29.8 Å². The fourth-order valence-electron chi connectivity index (χ4n) is 1.50. The molecule has 0 bridgehead atoms. The van der Waals surface area contributed by atoms with Crippen molar-refractivity contribution < 1.29 is 0 Å². The van der Waals surface area contributed by atoms with Gasteiger partial charge in [-0.1, -0.05) is 32.9 Å². The third-order valence-corrected chi connectivity index (χ3v) is 2.25. The van der Waals surface area contributed by atoms with Crippen molar-refractivity contribution >= 4 is 5.69 Å². The minimum absolute atomic E-state index is 0.122. The van der Waals surface area contributed by atoms with E-state index in [1.54, 1.807) is 0 Å². The van der Waals surface area contributed by atoms with Gasteiger partial charge in [0.1, 0.15) is 0 Å². The van der Waals surface area contributed by atoms with Crippen molar-refractivity contribution in [3.63, 3.8) is 0 Å². The van der Waals surface area contributed by atoms with Crippen LogP contribution in [0.5, 0.6) is 0 Å². The van der Waals surface area contributed by atoms with Crippen LogP contribution in [0.15, 0.2) is 24.3 Å².